The van der Waals surface area contributed by atoms with Gasteiger partial charge in [-0.3, -0.25) is 14.2 Å². The van der Waals surface area contributed by atoms with Crippen molar-refractivity contribution in [2.24, 2.45) is 7.05 Å². The van der Waals surface area contributed by atoms with E-state index in [2.05, 4.69) is 10.3 Å². The molecule has 0 amide bonds. The van der Waals surface area contributed by atoms with Gasteiger partial charge in [-0.2, -0.15) is 0 Å². The summed E-state index contributed by atoms with van der Waals surface area (Å²) in [4.78, 5) is 34.5. The Morgan fingerprint density at radius 3 is 2.64 bits per heavy atom. The molecule has 2 atom stereocenters. The van der Waals surface area contributed by atoms with E-state index in [-0.39, 0.29) is 17.6 Å². The van der Waals surface area contributed by atoms with Crippen LogP contribution in [0.25, 0.3) is 11.4 Å². The minimum atomic E-state index is -0.401. The van der Waals surface area contributed by atoms with Crippen LogP contribution in [0, 0.1) is 6.92 Å². The molecule has 1 aliphatic rings. The minimum Gasteiger partial charge on any atom is -0.481 e. The maximum Gasteiger partial charge on any atom is 0.302 e. The molecular weight excluding hydrogens is 420 g/mol. The minimum absolute atomic E-state index is 0.196. The van der Waals surface area contributed by atoms with Crippen LogP contribution in [0.4, 0.5) is 5.69 Å². The fraction of sp³-hybridized carbons (Fsp3) is 0.360. The highest BCUT2D eigenvalue weighted by Gasteiger charge is 2.35. The van der Waals surface area contributed by atoms with Crippen LogP contribution in [-0.2, 0) is 29.4 Å². The maximum absolute atomic E-state index is 13.5. The fourth-order valence-electron chi connectivity index (χ4n) is 4.38. The van der Waals surface area contributed by atoms with E-state index in [0.717, 1.165) is 22.4 Å². The van der Waals surface area contributed by atoms with Gasteiger partial charge in [0, 0.05) is 32.0 Å². The van der Waals surface area contributed by atoms with Crippen molar-refractivity contribution in [1.82, 2.24) is 14.5 Å². The number of nitrogens with one attached hydrogen (secondary N) is 1. The Bertz CT molecular complexity index is 1270. The van der Waals surface area contributed by atoms with Gasteiger partial charge in [0.2, 0.25) is 5.88 Å². The van der Waals surface area contributed by atoms with Crippen molar-refractivity contribution in [1.29, 1.82) is 0 Å². The summed E-state index contributed by atoms with van der Waals surface area (Å²) in [5, 5.41) is 3.38. The smallest absolute Gasteiger partial charge is 0.302 e. The monoisotopic (exact) mass is 448 g/mol. The van der Waals surface area contributed by atoms with Crippen LogP contribution in [0.5, 0.6) is 5.88 Å². The second kappa shape index (κ2) is 9.05. The van der Waals surface area contributed by atoms with Crippen LogP contribution in [0.1, 0.15) is 42.4 Å². The van der Waals surface area contributed by atoms with E-state index in [9.17, 15) is 9.59 Å². The summed E-state index contributed by atoms with van der Waals surface area (Å²) in [6.45, 7) is 5.22. The normalized spacial score (nSPS) is 16.9. The SMILES string of the molecule is CCc1nc(-c2ccc(OC)nc2C)n(C)c(=O)c1N[C@H]1c2ccccc2C[C@@H]1OC(C)=O. The number of carbonyl (C=O) groups excluding carboxylic acids is 1. The molecular formula is C25H28N4O4. The number of aryl methyl sites for hydroxylation is 2. The number of hydrogen-bond acceptors (Lipinski definition) is 7. The van der Waals surface area contributed by atoms with Crippen molar-refractivity contribution >= 4 is 11.7 Å². The quantitative estimate of drug-likeness (QED) is 0.578. The molecule has 0 radical (unpaired) electrons. The van der Waals surface area contributed by atoms with E-state index in [4.69, 9.17) is 14.5 Å². The zero-order valence-electron chi connectivity index (χ0n) is 19.5. The van der Waals surface area contributed by atoms with Crippen molar-refractivity contribution in [3.8, 4) is 17.3 Å². The lowest BCUT2D eigenvalue weighted by atomic mass is 10.1. The molecule has 3 aromatic rings. The van der Waals surface area contributed by atoms with Crippen LogP contribution < -0.4 is 15.6 Å². The number of fused-ring (bicyclic) bond motifs is 1. The molecule has 1 aromatic carbocycles. The first-order chi connectivity index (χ1) is 15.8. The van der Waals surface area contributed by atoms with E-state index in [1.54, 1.807) is 20.2 Å². The molecule has 0 unspecified atom stereocenters. The summed E-state index contributed by atoms with van der Waals surface area (Å²) >= 11 is 0. The highest BCUT2D eigenvalue weighted by Crippen LogP contribution is 2.36. The third-order valence-corrected chi connectivity index (χ3v) is 6.01. The van der Waals surface area contributed by atoms with E-state index in [0.29, 0.717) is 35.9 Å². The van der Waals surface area contributed by atoms with E-state index >= 15 is 0 Å². The van der Waals surface area contributed by atoms with Crippen LogP contribution in [0.3, 0.4) is 0 Å². The van der Waals surface area contributed by atoms with Gasteiger partial charge in [-0.25, -0.2) is 9.97 Å². The second-order valence-corrected chi connectivity index (χ2v) is 8.13. The van der Waals surface area contributed by atoms with Crippen molar-refractivity contribution < 1.29 is 14.3 Å². The van der Waals surface area contributed by atoms with Crippen molar-refractivity contribution in [3.63, 3.8) is 0 Å². The lowest BCUT2D eigenvalue weighted by Crippen LogP contribution is -2.32. The lowest BCUT2D eigenvalue weighted by Gasteiger charge is -2.24. The first-order valence-corrected chi connectivity index (χ1v) is 11.0. The van der Waals surface area contributed by atoms with Gasteiger partial charge in [-0.15, -0.1) is 0 Å². The van der Waals surface area contributed by atoms with Crippen molar-refractivity contribution in [3.05, 3.63) is 69.3 Å². The number of esters is 1. The number of anilines is 1. The number of methoxy groups -OCH3 is 1. The Kier molecular flexibility index (Phi) is 6.18. The molecule has 0 saturated carbocycles. The summed E-state index contributed by atoms with van der Waals surface area (Å²) in [5.74, 6) is 0.698. The van der Waals surface area contributed by atoms with E-state index in [1.165, 1.54) is 11.5 Å². The maximum atomic E-state index is 13.5. The zero-order chi connectivity index (χ0) is 23.7. The molecule has 172 valence electrons. The number of carbonyl (C=O) groups is 1. The predicted octanol–water partition coefficient (Wildman–Crippen LogP) is 3.36. The Morgan fingerprint density at radius 1 is 1.21 bits per heavy atom. The third kappa shape index (κ3) is 4.20. The average Bonchev–Trinajstić information content (AvgIpc) is 3.13. The summed E-state index contributed by atoms with van der Waals surface area (Å²) in [7, 11) is 3.26. The highest BCUT2D eigenvalue weighted by atomic mass is 16.5. The molecule has 2 aromatic heterocycles. The number of hydrogen-bond donors (Lipinski definition) is 1. The largest absolute Gasteiger partial charge is 0.481 e. The lowest BCUT2D eigenvalue weighted by molar-refractivity contribution is -0.146. The zero-order valence-corrected chi connectivity index (χ0v) is 19.5. The van der Waals surface area contributed by atoms with Gasteiger partial charge >= 0.3 is 5.97 Å². The molecule has 0 fully saturated rings. The number of pyridine rings is 1. The first-order valence-electron chi connectivity index (χ1n) is 11.0. The number of ether oxygens (including phenoxy) is 2. The fourth-order valence-corrected chi connectivity index (χ4v) is 4.38. The number of aromatic nitrogens is 3. The van der Waals surface area contributed by atoms with Gasteiger partial charge in [0.15, 0.2) is 0 Å². The van der Waals surface area contributed by atoms with Crippen LogP contribution in [-0.4, -0.2) is 33.7 Å². The Labute approximate surface area is 192 Å². The third-order valence-electron chi connectivity index (χ3n) is 6.01. The standard InChI is InChI=1S/C25H28N4O4/c1-6-19-23(28-22-18-10-8-7-9-16(18)13-20(22)33-15(3)30)25(31)29(4)24(27-19)17-11-12-21(32-5)26-14(17)2/h7-12,20,22,28H,6,13H2,1-5H3/t20-,22-/m0/s1. The second-order valence-electron chi connectivity index (χ2n) is 8.13. The molecule has 0 aliphatic heterocycles. The van der Waals surface area contributed by atoms with Gasteiger partial charge in [0.1, 0.15) is 17.6 Å². The predicted molar refractivity (Wildman–Crippen MR) is 125 cm³/mol. The molecule has 4 rings (SSSR count). The summed E-state index contributed by atoms with van der Waals surface area (Å²) < 4.78 is 12.3. The molecule has 33 heavy (non-hydrogen) atoms. The molecule has 8 heteroatoms. The summed E-state index contributed by atoms with van der Waals surface area (Å²) in [6, 6.07) is 11.2. The Hall–Kier alpha value is -3.68. The number of rotatable bonds is 6. The van der Waals surface area contributed by atoms with Gasteiger partial charge < -0.3 is 14.8 Å². The molecule has 8 nitrogen and oxygen atoms in total. The molecule has 1 aliphatic carbocycles. The average molecular weight is 449 g/mol. The van der Waals surface area contributed by atoms with Crippen LogP contribution >= 0.6 is 0 Å². The van der Waals surface area contributed by atoms with Crippen LogP contribution in [0.2, 0.25) is 0 Å². The summed E-state index contributed by atoms with van der Waals surface area (Å²) in [6.07, 6.45) is 0.750. The van der Waals surface area contributed by atoms with Gasteiger partial charge in [0.05, 0.1) is 24.5 Å². The number of nitrogens with zero attached hydrogens (tertiary/aromatic N) is 3. The van der Waals surface area contributed by atoms with Gasteiger partial charge in [0.25, 0.3) is 5.56 Å². The van der Waals surface area contributed by atoms with E-state index < -0.39 is 6.10 Å². The summed E-state index contributed by atoms with van der Waals surface area (Å²) in [5.41, 5.74) is 4.47. The van der Waals surface area contributed by atoms with Gasteiger partial charge in [-0.1, -0.05) is 31.2 Å². The first kappa shape index (κ1) is 22.5. The molecule has 2 heterocycles. The Balaban J connectivity index is 1.78. The molecule has 0 saturated heterocycles. The topological polar surface area (TPSA) is 95.3 Å². The molecule has 0 bridgehead atoms. The highest BCUT2D eigenvalue weighted by molar-refractivity contribution is 5.67. The Morgan fingerprint density at radius 2 is 1.97 bits per heavy atom. The van der Waals surface area contributed by atoms with Crippen molar-refractivity contribution in [2.75, 3.05) is 12.4 Å². The van der Waals surface area contributed by atoms with E-state index in [1.807, 2.05) is 44.2 Å². The van der Waals surface area contributed by atoms with Gasteiger partial charge in [-0.05, 0) is 30.5 Å². The molecule has 1 N–H and O–H groups in total. The number of benzene rings is 1. The van der Waals surface area contributed by atoms with Crippen LogP contribution in [0.15, 0.2) is 41.2 Å². The van der Waals surface area contributed by atoms with Crippen molar-refractivity contribution in [2.45, 2.75) is 45.8 Å². The molecule has 0 spiro atoms.